The highest BCUT2D eigenvalue weighted by Gasteiger charge is 2.26. The van der Waals surface area contributed by atoms with Crippen molar-refractivity contribution in [2.75, 3.05) is 0 Å². The van der Waals surface area contributed by atoms with Crippen molar-refractivity contribution in [1.82, 2.24) is 16.0 Å². The first-order valence-electron chi connectivity index (χ1n) is 6.93. The maximum atomic E-state index is 11.9. The molecule has 1 aromatic heterocycles. The van der Waals surface area contributed by atoms with Crippen LogP contribution >= 0.6 is 0 Å². The van der Waals surface area contributed by atoms with Gasteiger partial charge in [-0.05, 0) is 38.8 Å². The van der Waals surface area contributed by atoms with E-state index < -0.39 is 6.04 Å². The first-order chi connectivity index (χ1) is 9.56. The highest BCUT2D eigenvalue weighted by Crippen LogP contribution is 2.18. The van der Waals surface area contributed by atoms with Gasteiger partial charge >= 0.3 is 0 Å². The Labute approximate surface area is 118 Å². The first kappa shape index (κ1) is 14.6. The van der Waals surface area contributed by atoms with Crippen molar-refractivity contribution >= 4 is 11.8 Å². The van der Waals surface area contributed by atoms with Gasteiger partial charge in [0.1, 0.15) is 5.76 Å². The maximum Gasteiger partial charge on any atom is 0.237 e. The molecular weight excluding hydrogens is 258 g/mol. The van der Waals surface area contributed by atoms with Crippen LogP contribution in [-0.2, 0) is 16.1 Å². The lowest BCUT2D eigenvalue weighted by Crippen LogP contribution is -2.51. The molecule has 2 amide bonds. The summed E-state index contributed by atoms with van der Waals surface area (Å²) in [4.78, 5) is 23.7. The number of hydrogen-bond acceptors (Lipinski definition) is 4. The van der Waals surface area contributed by atoms with Gasteiger partial charge in [-0.1, -0.05) is 0 Å². The van der Waals surface area contributed by atoms with Crippen LogP contribution in [0.1, 0.15) is 32.4 Å². The van der Waals surface area contributed by atoms with Crippen LogP contribution in [0.5, 0.6) is 0 Å². The van der Waals surface area contributed by atoms with E-state index in [1.165, 1.54) is 0 Å². The fraction of sp³-hybridized carbons (Fsp3) is 0.571. The summed E-state index contributed by atoms with van der Waals surface area (Å²) >= 11 is 0. The van der Waals surface area contributed by atoms with Gasteiger partial charge < -0.3 is 15.1 Å². The van der Waals surface area contributed by atoms with Crippen molar-refractivity contribution in [2.45, 2.75) is 51.4 Å². The standard InChI is InChI=1S/C14H21N3O3/c1-9(13(18)15-8-12-4-3-7-20-12)16-10(2)14(19)17-11-5-6-11/h3-4,7,9-11,16H,5-6,8H2,1-2H3,(H,15,18)(H,17,19). The van der Waals surface area contributed by atoms with Crippen molar-refractivity contribution in [3.8, 4) is 0 Å². The lowest BCUT2D eigenvalue weighted by Gasteiger charge is -2.19. The molecule has 0 radical (unpaired) electrons. The summed E-state index contributed by atoms with van der Waals surface area (Å²) in [7, 11) is 0. The number of nitrogens with one attached hydrogen (secondary N) is 3. The maximum absolute atomic E-state index is 11.9. The van der Waals surface area contributed by atoms with E-state index >= 15 is 0 Å². The highest BCUT2D eigenvalue weighted by molar-refractivity contribution is 5.85. The summed E-state index contributed by atoms with van der Waals surface area (Å²) in [5, 5.41) is 8.65. The van der Waals surface area contributed by atoms with Crippen LogP contribution in [0, 0.1) is 0 Å². The number of carbonyl (C=O) groups is 2. The van der Waals surface area contributed by atoms with Gasteiger partial charge in [-0.15, -0.1) is 0 Å². The minimum atomic E-state index is -0.440. The fourth-order valence-corrected chi connectivity index (χ4v) is 1.82. The third-order valence-electron chi connectivity index (χ3n) is 3.23. The molecule has 1 aromatic rings. The molecule has 0 aromatic carbocycles. The minimum Gasteiger partial charge on any atom is -0.467 e. The molecule has 1 aliphatic rings. The van der Waals surface area contributed by atoms with Crippen LogP contribution < -0.4 is 16.0 Å². The summed E-state index contributed by atoms with van der Waals surface area (Å²) in [6.07, 6.45) is 3.67. The molecule has 110 valence electrons. The molecule has 6 nitrogen and oxygen atoms in total. The normalized spacial score (nSPS) is 17.3. The Hall–Kier alpha value is -1.82. The molecule has 6 heteroatoms. The molecule has 2 unspecified atom stereocenters. The Bertz CT molecular complexity index is 454. The van der Waals surface area contributed by atoms with Gasteiger partial charge in [0, 0.05) is 6.04 Å². The average molecular weight is 279 g/mol. The van der Waals surface area contributed by atoms with Gasteiger partial charge in [0.25, 0.3) is 0 Å². The molecule has 2 atom stereocenters. The van der Waals surface area contributed by atoms with Gasteiger partial charge in [-0.2, -0.15) is 0 Å². The SMILES string of the molecule is CC(NC(C)C(=O)NC1CC1)C(=O)NCc1ccco1. The topological polar surface area (TPSA) is 83.4 Å². The van der Waals surface area contributed by atoms with Crippen molar-refractivity contribution in [3.05, 3.63) is 24.2 Å². The van der Waals surface area contributed by atoms with E-state index in [-0.39, 0.29) is 17.9 Å². The largest absolute Gasteiger partial charge is 0.467 e. The van der Waals surface area contributed by atoms with Crippen LogP contribution in [0.4, 0.5) is 0 Å². The Morgan fingerprint density at radius 2 is 2.00 bits per heavy atom. The summed E-state index contributed by atoms with van der Waals surface area (Å²) in [6, 6.07) is 3.07. The van der Waals surface area contributed by atoms with E-state index in [9.17, 15) is 9.59 Å². The zero-order valence-corrected chi connectivity index (χ0v) is 11.8. The van der Waals surface area contributed by atoms with Crippen LogP contribution in [0.2, 0.25) is 0 Å². The average Bonchev–Trinajstić information content (AvgIpc) is 3.07. The predicted molar refractivity (Wildman–Crippen MR) is 73.8 cm³/mol. The molecule has 3 N–H and O–H groups in total. The molecule has 1 heterocycles. The molecular formula is C14H21N3O3. The summed E-state index contributed by atoms with van der Waals surface area (Å²) in [6.45, 7) is 3.84. The molecule has 1 fully saturated rings. The zero-order valence-electron chi connectivity index (χ0n) is 11.8. The zero-order chi connectivity index (χ0) is 14.5. The van der Waals surface area contributed by atoms with Crippen LogP contribution in [0.3, 0.4) is 0 Å². The Balaban J connectivity index is 1.70. The smallest absolute Gasteiger partial charge is 0.237 e. The lowest BCUT2D eigenvalue weighted by molar-refractivity contribution is -0.125. The summed E-state index contributed by atoms with van der Waals surface area (Å²) in [5.74, 6) is 0.482. The number of amides is 2. The number of hydrogen-bond donors (Lipinski definition) is 3. The highest BCUT2D eigenvalue weighted by atomic mass is 16.3. The van der Waals surface area contributed by atoms with Gasteiger partial charge in [0.2, 0.25) is 11.8 Å². The Morgan fingerprint density at radius 3 is 2.60 bits per heavy atom. The quantitative estimate of drug-likeness (QED) is 0.680. The van der Waals surface area contributed by atoms with E-state index in [0.29, 0.717) is 18.3 Å². The van der Waals surface area contributed by atoms with Crippen molar-refractivity contribution in [1.29, 1.82) is 0 Å². The number of rotatable bonds is 7. The second-order valence-electron chi connectivity index (χ2n) is 5.19. The second kappa shape index (κ2) is 6.56. The fourth-order valence-electron chi connectivity index (χ4n) is 1.82. The van der Waals surface area contributed by atoms with E-state index in [4.69, 9.17) is 4.42 Å². The molecule has 1 aliphatic carbocycles. The molecule has 0 saturated heterocycles. The van der Waals surface area contributed by atoms with Crippen molar-refractivity contribution < 1.29 is 14.0 Å². The predicted octanol–water partition coefficient (Wildman–Crippen LogP) is 0.541. The summed E-state index contributed by atoms with van der Waals surface area (Å²) < 4.78 is 5.13. The van der Waals surface area contributed by atoms with Gasteiger partial charge in [0.05, 0.1) is 24.9 Å². The molecule has 1 saturated carbocycles. The molecule has 0 spiro atoms. The van der Waals surface area contributed by atoms with Crippen molar-refractivity contribution in [3.63, 3.8) is 0 Å². The van der Waals surface area contributed by atoms with Gasteiger partial charge in [-0.25, -0.2) is 0 Å². The third kappa shape index (κ3) is 4.38. The number of furan rings is 1. The van der Waals surface area contributed by atoms with Crippen LogP contribution in [0.15, 0.2) is 22.8 Å². The summed E-state index contributed by atoms with van der Waals surface area (Å²) in [5.41, 5.74) is 0. The van der Waals surface area contributed by atoms with Gasteiger partial charge in [0.15, 0.2) is 0 Å². The lowest BCUT2D eigenvalue weighted by atomic mass is 10.2. The van der Waals surface area contributed by atoms with Crippen LogP contribution in [-0.4, -0.2) is 29.9 Å². The number of carbonyl (C=O) groups excluding carboxylic acids is 2. The minimum absolute atomic E-state index is 0.0572. The molecule has 0 bridgehead atoms. The van der Waals surface area contributed by atoms with E-state index in [0.717, 1.165) is 12.8 Å². The van der Waals surface area contributed by atoms with E-state index in [1.54, 1.807) is 32.2 Å². The van der Waals surface area contributed by atoms with E-state index in [1.807, 2.05) is 0 Å². The molecule has 20 heavy (non-hydrogen) atoms. The van der Waals surface area contributed by atoms with Gasteiger partial charge in [-0.3, -0.25) is 14.9 Å². The third-order valence-corrected chi connectivity index (χ3v) is 3.23. The van der Waals surface area contributed by atoms with Crippen LogP contribution in [0.25, 0.3) is 0 Å². The van der Waals surface area contributed by atoms with Crippen molar-refractivity contribution in [2.24, 2.45) is 0 Å². The molecule has 2 rings (SSSR count). The monoisotopic (exact) mass is 279 g/mol. The van der Waals surface area contributed by atoms with E-state index in [2.05, 4.69) is 16.0 Å². The Morgan fingerprint density at radius 1 is 1.30 bits per heavy atom. The molecule has 0 aliphatic heterocycles. The second-order valence-corrected chi connectivity index (χ2v) is 5.19. The Kier molecular flexibility index (Phi) is 4.79. The first-order valence-corrected chi connectivity index (χ1v) is 6.93.